The highest BCUT2D eigenvalue weighted by Crippen LogP contribution is 2.38. The number of hydrogen-bond acceptors (Lipinski definition) is 5. The van der Waals surface area contributed by atoms with Crippen molar-refractivity contribution >= 4 is 16.6 Å². The molecule has 2 N–H and O–H groups in total. The van der Waals surface area contributed by atoms with Gasteiger partial charge < -0.3 is 15.2 Å². The van der Waals surface area contributed by atoms with E-state index < -0.39 is 0 Å². The molecule has 106 valence electrons. The average molecular weight is 281 g/mol. The quantitative estimate of drug-likeness (QED) is 0.799. The molecule has 5 heteroatoms. The van der Waals surface area contributed by atoms with Gasteiger partial charge in [0.2, 0.25) is 0 Å². The molecule has 0 aliphatic carbocycles. The summed E-state index contributed by atoms with van der Waals surface area (Å²) >= 11 is 0. The van der Waals surface area contributed by atoms with Crippen molar-refractivity contribution in [2.45, 2.75) is 0 Å². The van der Waals surface area contributed by atoms with E-state index in [2.05, 4.69) is 9.97 Å². The molecular weight excluding hydrogens is 266 g/mol. The number of nitrogen functional groups attached to an aromatic ring is 1. The smallest absolute Gasteiger partial charge is 0.170 e. The second-order valence-electron chi connectivity index (χ2n) is 4.53. The molecule has 0 radical (unpaired) electrons. The van der Waals surface area contributed by atoms with E-state index in [1.807, 2.05) is 30.3 Å². The van der Waals surface area contributed by atoms with Crippen LogP contribution in [0.5, 0.6) is 11.5 Å². The van der Waals surface area contributed by atoms with E-state index in [0.29, 0.717) is 17.3 Å². The molecule has 5 nitrogen and oxygen atoms in total. The number of methoxy groups -OCH3 is 2. The number of nitrogens with two attached hydrogens (primary N) is 1. The Bertz CT molecular complexity index is 803. The first kappa shape index (κ1) is 13.2. The number of anilines is 1. The van der Waals surface area contributed by atoms with Gasteiger partial charge in [0.25, 0.3) is 0 Å². The number of hydrogen-bond donors (Lipinski definition) is 1. The summed E-state index contributed by atoms with van der Waals surface area (Å²) < 4.78 is 10.8. The van der Waals surface area contributed by atoms with Crippen LogP contribution in [0, 0.1) is 0 Å². The van der Waals surface area contributed by atoms with Crippen molar-refractivity contribution in [3.63, 3.8) is 0 Å². The Morgan fingerprint density at radius 3 is 2.71 bits per heavy atom. The molecule has 0 saturated heterocycles. The fourth-order valence-corrected chi connectivity index (χ4v) is 2.34. The van der Waals surface area contributed by atoms with Crippen LogP contribution in [0.2, 0.25) is 0 Å². The number of aromatic nitrogens is 2. The zero-order chi connectivity index (χ0) is 14.8. The molecule has 0 spiro atoms. The summed E-state index contributed by atoms with van der Waals surface area (Å²) in [4.78, 5) is 8.53. The molecule has 0 unspecified atom stereocenters. The third-order valence-corrected chi connectivity index (χ3v) is 3.34. The van der Waals surface area contributed by atoms with E-state index in [9.17, 15) is 0 Å². The Balaban J connectivity index is 2.26. The summed E-state index contributed by atoms with van der Waals surface area (Å²) in [5.74, 6) is 1.74. The number of benzene rings is 1. The van der Waals surface area contributed by atoms with E-state index >= 15 is 0 Å². The largest absolute Gasteiger partial charge is 0.493 e. The molecular formula is C16H15N3O2. The number of fused-ring (bicyclic) bond motifs is 1. The lowest BCUT2D eigenvalue weighted by Crippen LogP contribution is -1.97. The van der Waals surface area contributed by atoms with E-state index in [0.717, 1.165) is 22.0 Å². The summed E-state index contributed by atoms with van der Waals surface area (Å²) in [5.41, 5.74) is 7.61. The molecule has 3 rings (SSSR count). The van der Waals surface area contributed by atoms with E-state index in [1.165, 1.54) is 0 Å². The van der Waals surface area contributed by atoms with Gasteiger partial charge in [-0.15, -0.1) is 0 Å². The van der Waals surface area contributed by atoms with E-state index in [-0.39, 0.29) is 0 Å². The minimum atomic E-state index is 0.445. The van der Waals surface area contributed by atoms with Gasteiger partial charge in [-0.3, -0.25) is 4.98 Å². The van der Waals surface area contributed by atoms with Gasteiger partial charge in [-0.1, -0.05) is 6.07 Å². The van der Waals surface area contributed by atoms with Gasteiger partial charge in [0, 0.05) is 23.3 Å². The summed E-state index contributed by atoms with van der Waals surface area (Å²) in [7, 11) is 3.21. The van der Waals surface area contributed by atoms with Crippen molar-refractivity contribution in [1.82, 2.24) is 9.97 Å². The Hall–Kier alpha value is -2.82. The Morgan fingerprint density at radius 2 is 1.95 bits per heavy atom. The minimum Gasteiger partial charge on any atom is -0.493 e. The van der Waals surface area contributed by atoms with Crippen LogP contribution < -0.4 is 15.2 Å². The summed E-state index contributed by atoms with van der Waals surface area (Å²) in [6.45, 7) is 0. The summed E-state index contributed by atoms with van der Waals surface area (Å²) in [6, 6.07) is 9.53. The highest BCUT2D eigenvalue weighted by molar-refractivity contribution is 5.93. The summed E-state index contributed by atoms with van der Waals surface area (Å²) in [5, 5.41) is 1.82. The first-order valence-electron chi connectivity index (χ1n) is 6.46. The van der Waals surface area contributed by atoms with Crippen molar-refractivity contribution in [3.8, 4) is 22.8 Å². The number of nitrogens with zero attached hydrogens (tertiary/aromatic N) is 2. The maximum Gasteiger partial charge on any atom is 0.170 e. The number of ether oxygens (including phenoxy) is 2. The molecule has 3 aromatic rings. The highest BCUT2D eigenvalue weighted by atomic mass is 16.5. The van der Waals surface area contributed by atoms with E-state index in [4.69, 9.17) is 15.2 Å². The van der Waals surface area contributed by atoms with Gasteiger partial charge in [-0.05, 0) is 29.7 Å². The van der Waals surface area contributed by atoms with Crippen molar-refractivity contribution in [2.24, 2.45) is 0 Å². The highest BCUT2D eigenvalue weighted by Gasteiger charge is 2.14. The zero-order valence-corrected chi connectivity index (χ0v) is 11.8. The third-order valence-electron chi connectivity index (χ3n) is 3.34. The van der Waals surface area contributed by atoms with Crippen molar-refractivity contribution in [2.75, 3.05) is 20.0 Å². The standard InChI is InChI=1S/C16H15N3O2/c1-20-14-5-3-4-11(15(14)21-2)13-8-10-6-7-18-9-12(10)16(17)19-13/h3-9H,1-2H3,(H2,17,19). The molecule has 0 amide bonds. The van der Waals surface area contributed by atoms with Crippen LogP contribution in [0.3, 0.4) is 0 Å². The maximum absolute atomic E-state index is 6.03. The number of pyridine rings is 2. The van der Waals surface area contributed by atoms with Gasteiger partial charge in [0.1, 0.15) is 5.82 Å². The average Bonchev–Trinajstić information content (AvgIpc) is 2.54. The Morgan fingerprint density at radius 1 is 1.10 bits per heavy atom. The van der Waals surface area contributed by atoms with Crippen molar-refractivity contribution in [1.29, 1.82) is 0 Å². The molecule has 0 saturated carbocycles. The topological polar surface area (TPSA) is 70.3 Å². The van der Waals surface area contributed by atoms with Crippen LogP contribution in [0.1, 0.15) is 0 Å². The monoisotopic (exact) mass is 281 g/mol. The predicted molar refractivity (Wildman–Crippen MR) is 82.5 cm³/mol. The molecule has 2 heterocycles. The lowest BCUT2D eigenvalue weighted by atomic mass is 10.1. The maximum atomic E-state index is 6.03. The number of rotatable bonds is 3. The van der Waals surface area contributed by atoms with Gasteiger partial charge in [0.05, 0.1) is 19.9 Å². The van der Waals surface area contributed by atoms with Crippen LogP contribution in [-0.4, -0.2) is 24.2 Å². The van der Waals surface area contributed by atoms with Crippen LogP contribution in [0.15, 0.2) is 42.7 Å². The normalized spacial score (nSPS) is 10.6. The zero-order valence-electron chi connectivity index (χ0n) is 11.8. The fraction of sp³-hybridized carbons (Fsp3) is 0.125. The Labute approximate surface area is 122 Å². The molecule has 2 aromatic heterocycles. The lowest BCUT2D eigenvalue weighted by Gasteiger charge is -2.13. The van der Waals surface area contributed by atoms with Crippen LogP contribution >= 0.6 is 0 Å². The first-order valence-corrected chi connectivity index (χ1v) is 6.46. The van der Waals surface area contributed by atoms with Crippen LogP contribution in [0.25, 0.3) is 22.0 Å². The molecule has 0 fully saturated rings. The second-order valence-corrected chi connectivity index (χ2v) is 4.53. The van der Waals surface area contributed by atoms with Gasteiger partial charge in [-0.25, -0.2) is 4.98 Å². The second kappa shape index (κ2) is 5.28. The molecule has 21 heavy (non-hydrogen) atoms. The van der Waals surface area contributed by atoms with Crippen LogP contribution in [-0.2, 0) is 0 Å². The van der Waals surface area contributed by atoms with Crippen molar-refractivity contribution < 1.29 is 9.47 Å². The SMILES string of the molecule is COc1cccc(-c2cc3ccncc3c(N)n2)c1OC. The first-order chi connectivity index (χ1) is 10.2. The van der Waals surface area contributed by atoms with Crippen LogP contribution in [0.4, 0.5) is 5.82 Å². The molecule has 0 bridgehead atoms. The Kier molecular flexibility index (Phi) is 3.31. The van der Waals surface area contributed by atoms with Gasteiger partial charge >= 0.3 is 0 Å². The molecule has 0 aliphatic heterocycles. The van der Waals surface area contributed by atoms with E-state index in [1.54, 1.807) is 26.6 Å². The van der Waals surface area contributed by atoms with Crippen molar-refractivity contribution in [3.05, 3.63) is 42.7 Å². The number of para-hydroxylation sites is 1. The minimum absolute atomic E-state index is 0.445. The molecule has 0 atom stereocenters. The predicted octanol–water partition coefficient (Wildman–Crippen LogP) is 2.90. The molecule has 0 aliphatic rings. The lowest BCUT2D eigenvalue weighted by molar-refractivity contribution is 0.356. The summed E-state index contributed by atoms with van der Waals surface area (Å²) in [6.07, 6.45) is 3.44. The van der Waals surface area contributed by atoms with Gasteiger partial charge in [-0.2, -0.15) is 0 Å². The third kappa shape index (κ3) is 2.23. The molecule has 1 aromatic carbocycles. The van der Waals surface area contributed by atoms with Gasteiger partial charge in [0.15, 0.2) is 11.5 Å². The fourth-order valence-electron chi connectivity index (χ4n) is 2.34.